The zero-order valence-electron chi connectivity index (χ0n) is 17.8. The Bertz CT molecular complexity index is 1200. The van der Waals surface area contributed by atoms with Crippen molar-refractivity contribution < 1.29 is 50.5 Å². The molecule has 0 saturated carbocycles. The van der Waals surface area contributed by atoms with E-state index in [1.54, 1.807) is 0 Å². The van der Waals surface area contributed by atoms with Gasteiger partial charge in [0, 0.05) is 4.47 Å². The van der Waals surface area contributed by atoms with Crippen molar-refractivity contribution in [2.24, 2.45) is 0 Å². The van der Waals surface area contributed by atoms with Crippen LogP contribution in [0.25, 0.3) is 0 Å². The molecule has 0 aromatic heterocycles. The van der Waals surface area contributed by atoms with Crippen molar-refractivity contribution in [3.05, 3.63) is 62.2 Å². The van der Waals surface area contributed by atoms with Gasteiger partial charge in [-0.2, -0.15) is 13.2 Å². The van der Waals surface area contributed by atoms with Gasteiger partial charge in [0.05, 0.1) is 42.7 Å². The van der Waals surface area contributed by atoms with E-state index >= 15 is 0 Å². The van der Waals surface area contributed by atoms with Gasteiger partial charge in [-0.1, -0.05) is 27.5 Å². The van der Waals surface area contributed by atoms with Crippen molar-refractivity contribution in [3.8, 4) is 11.5 Å². The number of methoxy groups -OCH3 is 2. The molecule has 0 radical (unpaired) electrons. The average Bonchev–Trinajstić information content (AvgIpc) is 2.79. The molecule has 0 saturated heterocycles. The Morgan fingerprint density at radius 2 is 1.63 bits per heavy atom. The summed E-state index contributed by atoms with van der Waals surface area (Å²) in [5.74, 6) is -6.85. The highest BCUT2D eigenvalue weighted by Crippen LogP contribution is 2.45. The number of carbonyl (C=O) groups is 2. The van der Waals surface area contributed by atoms with E-state index in [0.717, 1.165) is 19.1 Å². The molecule has 188 valence electrons. The Labute approximate surface area is 208 Å². The van der Waals surface area contributed by atoms with E-state index in [0.29, 0.717) is 4.47 Å². The Hall–Kier alpha value is -2.90. The molecule has 0 spiro atoms. The van der Waals surface area contributed by atoms with Crippen LogP contribution in [-0.4, -0.2) is 39.5 Å². The van der Waals surface area contributed by atoms with Crippen molar-refractivity contribution in [3.63, 3.8) is 0 Å². The minimum atomic E-state index is -5.00. The van der Waals surface area contributed by atoms with E-state index in [-0.39, 0.29) is 47.5 Å². The van der Waals surface area contributed by atoms with Crippen LogP contribution < -0.4 is 9.64 Å². The normalized spacial score (nSPS) is 14.1. The number of ether oxygens (including phenoxy) is 4. The zero-order chi connectivity index (χ0) is 26.1. The van der Waals surface area contributed by atoms with Crippen molar-refractivity contribution in [1.82, 2.24) is 0 Å². The molecule has 0 atom stereocenters. The average molecular weight is 587 g/mol. The van der Waals surface area contributed by atoms with E-state index in [2.05, 4.69) is 20.7 Å². The fourth-order valence-electron chi connectivity index (χ4n) is 3.11. The van der Waals surface area contributed by atoms with E-state index in [4.69, 9.17) is 25.8 Å². The van der Waals surface area contributed by atoms with E-state index in [1.165, 1.54) is 12.1 Å². The fourth-order valence-corrected chi connectivity index (χ4v) is 3.94. The molecule has 2 aromatic rings. The quantitative estimate of drug-likeness (QED) is 0.334. The maximum Gasteiger partial charge on any atom is 0.416 e. The molecule has 0 aliphatic carbocycles. The standard InChI is InChI=1S/C21H14BrClF5NO6/c1-32-19(30)11-7-34-8-29(16(11)20(31)33-2)15-6-10(22)5-12(23)17(15)35-18-13(24)3-9(4-14(18)25)21(26,27)28/h3-6H,7-8H2,1-2H3. The van der Waals surface area contributed by atoms with Crippen molar-refractivity contribution >= 4 is 45.2 Å². The van der Waals surface area contributed by atoms with E-state index in [9.17, 15) is 31.5 Å². The predicted octanol–water partition coefficient (Wildman–Crippen LogP) is 5.59. The molecule has 1 heterocycles. The van der Waals surface area contributed by atoms with Gasteiger partial charge < -0.3 is 23.8 Å². The molecule has 2 aromatic carbocycles. The van der Waals surface area contributed by atoms with Crippen LogP contribution in [0.2, 0.25) is 5.02 Å². The van der Waals surface area contributed by atoms with Crippen LogP contribution in [0.4, 0.5) is 27.6 Å². The third kappa shape index (κ3) is 5.52. The maximum absolute atomic E-state index is 14.5. The summed E-state index contributed by atoms with van der Waals surface area (Å²) in [6.45, 7) is -0.695. The molecule has 0 unspecified atom stereocenters. The molecule has 14 heteroatoms. The second kappa shape index (κ2) is 10.4. The first-order chi connectivity index (χ1) is 16.4. The monoisotopic (exact) mass is 585 g/mol. The Balaban J connectivity index is 2.20. The number of esters is 2. The number of alkyl halides is 3. The number of rotatable bonds is 5. The van der Waals surface area contributed by atoms with Gasteiger partial charge in [0.25, 0.3) is 0 Å². The van der Waals surface area contributed by atoms with Gasteiger partial charge in [0.2, 0.25) is 0 Å². The van der Waals surface area contributed by atoms with Crippen molar-refractivity contribution in [1.29, 1.82) is 0 Å². The molecular formula is C21H14BrClF5NO6. The summed E-state index contributed by atoms with van der Waals surface area (Å²) in [7, 11) is 2.12. The van der Waals surface area contributed by atoms with Crippen molar-refractivity contribution in [2.75, 3.05) is 32.5 Å². The summed E-state index contributed by atoms with van der Waals surface area (Å²) >= 11 is 9.42. The van der Waals surface area contributed by atoms with E-state index < -0.39 is 46.8 Å². The fraction of sp³-hybridized carbons (Fsp3) is 0.238. The molecule has 0 bridgehead atoms. The molecule has 1 aliphatic heterocycles. The van der Waals surface area contributed by atoms with Crippen LogP contribution in [0.3, 0.4) is 0 Å². The summed E-state index contributed by atoms with van der Waals surface area (Å²) in [5, 5.41) is -0.248. The second-order valence-corrected chi connectivity index (χ2v) is 8.14. The molecule has 3 rings (SSSR count). The lowest BCUT2D eigenvalue weighted by Gasteiger charge is -2.32. The van der Waals surface area contributed by atoms with Gasteiger partial charge >= 0.3 is 18.1 Å². The largest absolute Gasteiger partial charge is 0.466 e. The summed E-state index contributed by atoms with van der Waals surface area (Å²) in [4.78, 5) is 25.9. The molecule has 0 amide bonds. The SMILES string of the molecule is COC(=O)C1=C(C(=O)OC)N(c2cc(Br)cc(Cl)c2Oc2c(F)cc(C(F)(F)F)cc2F)COC1. The third-order valence-corrected chi connectivity index (χ3v) is 5.38. The highest BCUT2D eigenvalue weighted by molar-refractivity contribution is 9.10. The van der Waals surface area contributed by atoms with Crippen LogP contribution in [0.5, 0.6) is 11.5 Å². The lowest BCUT2D eigenvalue weighted by molar-refractivity contribution is -0.140. The lowest BCUT2D eigenvalue weighted by Crippen LogP contribution is -2.39. The minimum absolute atomic E-state index is 0.0595. The van der Waals surface area contributed by atoms with Crippen LogP contribution in [0.1, 0.15) is 5.56 Å². The van der Waals surface area contributed by atoms with Crippen molar-refractivity contribution in [2.45, 2.75) is 6.18 Å². The smallest absolute Gasteiger partial charge is 0.416 e. The predicted molar refractivity (Wildman–Crippen MR) is 115 cm³/mol. The minimum Gasteiger partial charge on any atom is -0.466 e. The number of anilines is 1. The number of hydrogen-bond acceptors (Lipinski definition) is 7. The van der Waals surface area contributed by atoms with Crippen LogP contribution in [0, 0.1) is 11.6 Å². The topological polar surface area (TPSA) is 74.3 Å². The summed E-state index contributed by atoms with van der Waals surface area (Å²) in [5.41, 5.74) is -2.27. The molecule has 7 nitrogen and oxygen atoms in total. The Morgan fingerprint density at radius 3 is 2.17 bits per heavy atom. The second-order valence-electron chi connectivity index (χ2n) is 6.82. The highest BCUT2D eigenvalue weighted by Gasteiger charge is 2.36. The number of carbonyl (C=O) groups excluding carboxylic acids is 2. The van der Waals surface area contributed by atoms with Crippen LogP contribution in [0.15, 0.2) is 40.0 Å². The Morgan fingerprint density at radius 1 is 1.03 bits per heavy atom. The first-order valence-corrected chi connectivity index (χ1v) is 10.5. The van der Waals surface area contributed by atoms with Crippen LogP contribution in [-0.2, 0) is 30.0 Å². The molecule has 35 heavy (non-hydrogen) atoms. The van der Waals surface area contributed by atoms with Gasteiger partial charge in [-0.25, -0.2) is 18.4 Å². The first-order valence-electron chi connectivity index (χ1n) is 9.37. The third-order valence-electron chi connectivity index (χ3n) is 4.64. The van der Waals surface area contributed by atoms with Gasteiger partial charge in [-0.3, -0.25) is 0 Å². The van der Waals surface area contributed by atoms with Gasteiger partial charge in [-0.05, 0) is 24.3 Å². The summed E-state index contributed by atoms with van der Waals surface area (Å²) in [6, 6.07) is 2.70. The zero-order valence-corrected chi connectivity index (χ0v) is 20.1. The van der Waals surface area contributed by atoms with Gasteiger partial charge in [0.15, 0.2) is 23.1 Å². The molecule has 0 N–H and O–H groups in total. The highest BCUT2D eigenvalue weighted by atomic mass is 79.9. The van der Waals surface area contributed by atoms with E-state index in [1.807, 2.05) is 0 Å². The number of benzene rings is 2. The summed E-state index contributed by atoms with van der Waals surface area (Å²) < 4.78 is 88.1. The van der Waals surface area contributed by atoms with Crippen LogP contribution >= 0.6 is 27.5 Å². The van der Waals surface area contributed by atoms with Gasteiger partial charge in [0.1, 0.15) is 12.4 Å². The molecule has 1 aliphatic rings. The molecular weight excluding hydrogens is 573 g/mol. The maximum atomic E-state index is 14.5. The first kappa shape index (κ1) is 26.7. The molecule has 0 fully saturated rings. The summed E-state index contributed by atoms with van der Waals surface area (Å²) in [6.07, 6.45) is -5.00. The van der Waals surface area contributed by atoms with Gasteiger partial charge in [-0.15, -0.1) is 0 Å². The number of halogens is 7. The number of nitrogens with zero attached hydrogens (tertiary/aromatic N) is 1. The number of hydrogen-bond donors (Lipinski definition) is 0. The lowest BCUT2D eigenvalue weighted by atomic mass is 10.1. The Kier molecular flexibility index (Phi) is 7.92.